The molecule has 2 fully saturated rings. The maximum absolute atomic E-state index is 13.2. The molecule has 1 N–H and O–H groups in total. The summed E-state index contributed by atoms with van der Waals surface area (Å²) in [5, 5.41) is 12.7. The minimum atomic E-state index is -2.49. The lowest BCUT2D eigenvalue weighted by Gasteiger charge is -2.58. The first kappa shape index (κ1) is 19.9. The normalized spacial score (nSPS) is 39.2. The monoisotopic (exact) mass is 412 g/mol. The van der Waals surface area contributed by atoms with E-state index in [1.165, 1.54) is 23.8 Å². The fraction of sp³-hybridized carbons (Fsp3) is 0.600. The Morgan fingerprint density at radius 3 is 2.70 bits per heavy atom. The molecular formula is C25H30F2N2O. The van der Waals surface area contributed by atoms with E-state index in [-0.39, 0.29) is 16.4 Å². The molecule has 0 bridgehead atoms. The maximum atomic E-state index is 13.2. The highest BCUT2D eigenvalue weighted by Gasteiger charge is 2.57. The number of hydrogen-bond acceptors (Lipinski definition) is 3. The van der Waals surface area contributed by atoms with Gasteiger partial charge in [0.05, 0.1) is 5.71 Å². The van der Waals surface area contributed by atoms with Crippen LogP contribution >= 0.6 is 0 Å². The molecule has 0 radical (unpaired) electrons. The van der Waals surface area contributed by atoms with Gasteiger partial charge in [-0.2, -0.15) is 0 Å². The highest BCUT2D eigenvalue weighted by molar-refractivity contribution is 5.96. The van der Waals surface area contributed by atoms with Crippen LogP contribution in [0.3, 0.4) is 0 Å². The van der Waals surface area contributed by atoms with Crippen molar-refractivity contribution >= 4 is 11.3 Å². The van der Waals surface area contributed by atoms with Crippen LogP contribution in [-0.2, 0) is 0 Å². The van der Waals surface area contributed by atoms with Crippen LogP contribution in [0, 0.1) is 28.6 Å². The quantitative estimate of drug-likeness (QED) is 0.429. The lowest BCUT2D eigenvalue weighted by molar-refractivity contribution is -0.0190. The smallest absolute Gasteiger partial charge is 0.265 e. The first-order valence-electron chi connectivity index (χ1n) is 11.2. The molecular weight excluding hydrogens is 382 g/mol. The Kier molecular flexibility index (Phi) is 4.64. The zero-order valence-electron chi connectivity index (χ0n) is 17.7. The number of halogens is 2. The standard InChI is InChI=1S/C25H30F2N2O/c1-24-9-7-18(29-30)12-17(24)3-4-19-21-6-5-20(25(21,2)10-8-22(19)24)15-11-16(23(26)27)14-28-13-15/h5,11-14,19,21-23,30H,3-4,6-10H2,1-2H3/b29-18+. The first-order valence-corrected chi connectivity index (χ1v) is 11.2. The predicted octanol–water partition coefficient (Wildman–Crippen LogP) is 6.81. The summed E-state index contributed by atoms with van der Waals surface area (Å²) in [5.74, 6) is 1.86. The van der Waals surface area contributed by atoms with Gasteiger partial charge in [0.15, 0.2) is 0 Å². The number of alkyl halides is 2. The number of rotatable bonds is 2. The lowest BCUT2D eigenvalue weighted by Crippen LogP contribution is -2.49. The van der Waals surface area contributed by atoms with E-state index >= 15 is 0 Å². The molecule has 0 amide bonds. The SMILES string of the molecule is CC12CC/C(=N\O)C=C1CCC1C2CCC2(C)C(c3cncc(C(F)F)c3)=CCC12. The zero-order chi connectivity index (χ0) is 21.1. The van der Waals surface area contributed by atoms with Crippen molar-refractivity contribution < 1.29 is 14.0 Å². The van der Waals surface area contributed by atoms with E-state index in [1.807, 2.05) is 0 Å². The molecule has 2 saturated carbocycles. The number of allylic oxidation sites excluding steroid dienone is 4. The Balaban J connectivity index is 1.45. The molecule has 5 atom stereocenters. The second kappa shape index (κ2) is 7.00. The van der Waals surface area contributed by atoms with Crippen molar-refractivity contribution in [2.24, 2.45) is 33.7 Å². The van der Waals surface area contributed by atoms with E-state index in [4.69, 9.17) is 0 Å². The number of oxime groups is 1. The van der Waals surface area contributed by atoms with E-state index in [0.29, 0.717) is 17.8 Å². The summed E-state index contributed by atoms with van der Waals surface area (Å²) < 4.78 is 26.5. The average molecular weight is 413 g/mol. The number of aromatic nitrogens is 1. The maximum Gasteiger partial charge on any atom is 0.265 e. The van der Waals surface area contributed by atoms with Gasteiger partial charge < -0.3 is 5.21 Å². The third-order valence-corrected chi connectivity index (χ3v) is 9.01. The van der Waals surface area contributed by atoms with Crippen LogP contribution in [0.15, 0.2) is 41.3 Å². The van der Waals surface area contributed by atoms with Crippen LogP contribution in [0.5, 0.6) is 0 Å². The molecule has 1 heterocycles. The van der Waals surface area contributed by atoms with Crippen molar-refractivity contribution in [3.63, 3.8) is 0 Å². The van der Waals surface area contributed by atoms with Gasteiger partial charge in [0.25, 0.3) is 6.43 Å². The average Bonchev–Trinajstić information content (AvgIpc) is 3.10. The molecule has 4 aliphatic carbocycles. The van der Waals surface area contributed by atoms with E-state index in [2.05, 4.69) is 36.1 Å². The molecule has 5 rings (SSSR count). The van der Waals surface area contributed by atoms with Gasteiger partial charge >= 0.3 is 0 Å². The van der Waals surface area contributed by atoms with Gasteiger partial charge in [0, 0.05) is 18.0 Å². The van der Waals surface area contributed by atoms with Crippen LogP contribution in [0.1, 0.15) is 76.3 Å². The second-order valence-corrected chi connectivity index (χ2v) is 10.2. The summed E-state index contributed by atoms with van der Waals surface area (Å²) in [7, 11) is 0. The van der Waals surface area contributed by atoms with Gasteiger partial charge in [0.2, 0.25) is 0 Å². The van der Waals surface area contributed by atoms with Crippen molar-refractivity contribution in [2.45, 2.75) is 65.2 Å². The summed E-state index contributed by atoms with van der Waals surface area (Å²) in [5.41, 5.74) is 4.62. The van der Waals surface area contributed by atoms with Crippen molar-refractivity contribution in [2.75, 3.05) is 0 Å². The van der Waals surface area contributed by atoms with Gasteiger partial charge in [-0.3, -0.25) is 4.98 Å². The van der Waals surface area contributed by atoms with Gasteiger partial charge in [-0.1, -0.05) is 30.7 Å². The van der Waals surface area contributed by atoms with Crippen molar-refractivity contribution in [3.8, 4) is 0 Å². The van der Waals surface area contributed by atoms with Gasteiger partial charge in [-0.05, 0) is 96.8 Å². The van der Waals surface area contributed by atoms with Crippen LogP contribution in [-0.4, -0.2) is 15.9 Å². The molecule has 0 saturated heterocycles. The summed E-state index contributed by atoms with van der Waals surface area (Å²) in [4.78, 5) is 4.12. The van der Waals surface area contributed by atoms with E-state index in [0.717, 1.165) is 49.8 Å². The summed E-state index contributed by atoms with van der Waals surface area (Å²) in [6.07, 6.45) is 12.4. The zero-order valence-corrected chi connectivity index (χ0v) is 17.7. The minimum absolute atomic E-state index is 0.0117. The lowest BCUT2D eigenvalue weighted by atomic mass is 9.46. The Hall–Kier alpha value is -2.04. The van der Waals surface area contributed by atoms with Crippen LogP contribution in [0.25, 0.3) is 5.57 Å². The molecule has 3 nitrogen and oxygen atoms in total. The topological polar surface area (TPSA) is 45.5 Å². The first-order chi connectivity index (χ1) is 14.4. The van der Waals surface area contributed by atoms with Crippen molar-refractivity contribution in [1.29, 1.82) is 0 Å². The van der Waals surface area contributed by atoms with Crippen LogP contribution in [0.2, 0.25) is 0 Å². The Labute approximate surface area is 177 Å². The molecule has 1 aromatic heterocycles. The van der Waals surface area contributed by atoms with Crippen LogP contribution < -0.4 is 0 Å². The number of hydrogen-bond donors (Lipinski definition) is 1. The Morgan fingerprint density at radius 2 is 1.93 bits per heavy atom. The Morgan fingerprint density at radius 1 is 1.10 bits per heavy atom. The van der Waals surface area contributed by atoms with E-state index < -0.39 is 6.43 Å². The third-order valence-electron chi connectivity index (χ3n) is 9.01. The minimum Gasteiger partial charge on any atom is -0.411 e. The highest BCUT2D eigenvalue weighted by atomic mass is 19.3. The molecule has 5 heteroatoms. The predicted molar refractivity (Wildman–Crippen MR) is 113 cm³/mol. The van der Waals surface area contributed by atoms with Gasteiger partial charge in [-0.25, -0.2) is 8.78 Å². The fourth-order valence-electron chi connectivity index (χ4n) is 7.39. The fourth-order valence-corrected chi connectivity index (χ4v) is 7.39. The molecule has 160 valence electrons. The molecule has 1 aromatic rings. The molecule has 4 aliphatic rings. The molecule has 0 aromatic carbocycles. The second-order valence-electron chi connectivity index (χ2n) is 10.2. The van der Waals surface area contributed by atoms with Gasteiger partial charge in [-0.15, -0.1) is 0 Å². The summed E-state index contributed by atoms with van der Waals surface area (Å²) in [6, 6.07) is 1.64. The van der Waals surface area contributed by atoms with E-state index in [1.54, 1.807) is 12.3 Å². The number of nitrogens with zero attached hydrogens (tertiary/aromatic N) is 2. The largest absolute Gasteiger partial charge is 0.411 e. The summed E-state index contributed by atoms with van der Waals surface area (Å²) in [6.45, 7) is 4.78. The molecule has 0 aliphatic heterocycles. The van der Waals surface area contributed by atoms with Crippen molar-refractivity contribution in [3.05, 3.63) is 47.3 Å². The Bertz CT molecular complexity index is 952. The third kappa shape index (κ3) is 2.80. The molecule has 0 spiro atoms. The van der Waals surface area contributed by atoms with Crippen molar-refractivity contribution in [1.82, 2.24) is 4.98 Å². The molecule has 5 unspecified atom stereocenters. The van der Waals surface area contributed by atoms with Crippen LogP contribution in [0.4, 0.5) is 8.78 Å². The highest BCUT2D eigenvalue weighted by Crippen LogP contribution is 2.66. The number of fused-ring (bicyclic) bond motifs is 5. The summed E-state index contributed by atoms with van der Waals surface area (Å²) >= 11 is 0. The number of pyridine rings is 1. The molecule has 30 heavy (non-hydrogen) atoms. The van der Waals surface area contributed by atoms with Gasteiger partial charge in [0.1, 0.15) is 0 Å². The van der Waals surface area contributed by atoms with E-state index in [9.17, 15) is 14.0 Å².